The first kappa shape index (κ1) is 29.3. The number of carboxylic acids is 2. The van der Waals surface area contributed by atoms with Gasteiger partial charge in [-0.1, -0.05) is 17.8 Å². The number of aromatic nitrogens is 4. The van der Waals surface area contributed by atoms with Crippen molar-refractivity contribution in [3.05, 3.63) is 33.7 Å². The van der Waals surface area contributed by atoms with Crippen LogP contribution in [0, 0.1) is 0 Å². The number of hydrogen-bond donors (Lipinski definition) is 1. The smallest absolute Gasteiger partial charge is 0.548 e. The van der Waals surface area contributed by atoms with Crippen LogP contribution in [0.3, 0.4) is 0 Å². The van der Waals surface area contributed by atoms with Crippen LogP contribution in [0.4, 0.5) is 0 Å². The fourth-order valence-electron chi connectivity index (χ4n) is 3.25. The number of amides is 2. The Balaban J connectivity index is 0.00000204. The maximum atomic E-state index is 12.7. The second kappa shape index (κ2) is 12.9. The third-order valence-electron chi connectivity index (χ3n) is 4.63. The van der Waals surface area contributed by atoms with Crippen LogP contribution in [0.2, 0.25) is 0 Å². The minimum Gasteiger partial charge on any atom is -0.548 e. The maximum Gasteiger partial charge on any atom is 1.00 e. The number of carbonyl (C=O) groups excluding carboxylic acids is 4. The molecule has 17 heteroatoms. The van der Waals surface area contributed by atoms with E-state index in [1.54, 1.807) is 0 Å². The van der Waals surface area contributed by atoms with Crippen molar-refractivity contribution in [3.63, 3.8) is 0 Å². The summed E-state index contributed by atoms with van der Waals surface area (Å²) in [4.78, 5) is 49.5. The fraction of sp³-hybridized carbons (Fsp3) is 0.353. The second-order valence-electron chi connectivity index (χ2n) is 6.73. The molecule has 0 aliphatic carbocycles. The number of thioether (sulfide) groups is 2. The Labute approximate surface area is 249 Å². The van der Waals surface area contributed by atoms with Gasteiger partial charge in [-0.15, -0.1) is 28.2 Å². The molecule has 34 heavy (non-hydrogen) atoms. The summed E-state index contributed by atoms with van der Waals surface area (Å²) in [5.74, 6) is -3.32. The quantitative estimate of drug-likeness (QED) is 0.182. The van der Waals surface area contributed by atoms with Crippen molar-refractivity contribution >= 4 is 58.6 Å². The number of carboxylic acid groups (broad SMARTS) is 2. The summed E-state index contributed by atoms with van der Waals surface area (Å²) in [6.45, 7) is -0.546. The fourth-order valence-corrected chi connectivity index (χ4v) is 6.32. The molecule has 0 saturated carbocycles. The first-order valence-corrected chi connectivity index (χ1v) is 12.0. The van der Waals surface area contributed by atoms with Gasteiger partial charge in [-0.2, -0.15) is 0 Å². The number of carbonyl (C=O) groups is 4. The van der Waals surface area contributed by atoms with Crippen LogP contribution in [-0.4, -0.2) is 71.8 Å². The molecule has 1 unspecified atom stereocenters. The molecule has 2 aromatic heterocycles. The maximum absolute atomic E-state index is 12.7. The molecule has 168 valence electrons. The van der Waals surface area contributed by atoms with Gasteiger partial charge in [0.15, 0.2) is 0 Å². The summed E-state index contributed by atoms with van der Waals surface area (Å²) in [5, 5.41) is 37.4. The van der Waals surface area contributed by atoms with Crippen LogP contribution in [0.5, 0.6) is 0 Å². The topological polar surface area (TPSA) is 173 Å². The number of β-lactam (4-membered cyclic amide) rings is 1. The summed E-state index contributed by atoms with van der Waals surface area (Å²) in [6, 6.07) is 2.83. The number of nitrogens with zero attached hydrogens (tertiary/aromatic N) is 5. The van der Waals surface area contributed by atoms with E-state index in [0.29, 0.717) is 5.57 Å². The van der Waals surface area contributed by atoms with Gasteiger partial charge < -0.3 is 25.1 Å². The van der Waals surface area contributed by atoms with Gasteiger partial charge in [0.25, 0.3) is 5.91 Å². The van der Waals surface area contributed by atoms with Crippen molar-refractivity contribution in [2.45, 2.75) is 29.5 Å². The summed E-state index contributed by atoms with van der Waals surface area (Å²) in [7, 11) is 0. The molecule has 1 N–H and O–H groups in total. The standard InChI is InChI=1S/C17H16N6O6S3.2Na/c24-10(4-9-2-1-3-30-9)18-12-14(27)23-13(16(28)29)8(6-31-15(12)23)7-32-17-19-20-21-22(17)5-11(25)26;;/h1-3,12,15H,4-7H2,(H,18,24)(H,25,26)(H,28,29);;/q;2*+1/p-2/t12?,15-;;/m1../s1. The van der Waals surface area contributed by atoms with E-state index in [2.05, 4.69) is 20.8 Å². The molecule has 12 nitrogen and oxygen atoms in total. The number of aliphatic carboxylic acids is 2. The first-order chi connectivity index (χ1) is 15.3. The molecule has 2 aromatic rings. The average molecular weight is 541 g/mol. The molecule has 0 bridgehead atoms. The van der Waals surface area contributed by atoms with Gasteiger partial charge in [0.05, 0.1) is 30.6 Å². The Bertz CT molecular complexity index is 1110. The van der Waals surface area contributed by atoms with E-state index in [-0.39, 0.29) is 93.8 Å². The normalized spacial score (nSPS) is 18.8. The third-order valence-corrected chi connectivity index (χ3v) is 7.88. The molecule has 1 saturated heterocycles. The molecule has 0 spiro atoms. The molecular formula is C17H14N6Na2O6S3. The van der Waals surface area contributed by atoms with Gasteiger partial charge in [-0.05, 0) is 27.4 Å². The predicted octanol–water partition coefficient (Wildman–Crippen LogP) is -8.77. The van der Waals surface area contributed by atoms with Crippen molar-refractivity contribution in [1.82, 2.24) is 30.4 Å². The molecular weight excluding hydrogens is 526 g/mol. The van der Waals surface area contributed by atoms with Gasteiger partial charge in [-0.3, -0.25) is 14.5 Å². The van der Waals surface area contributed by atoms with E-state index in [1.807, 2.05) is 17.5 Å². The summed E-state index contributed by atoms with van der Waals surface area (Å²) < 4.78 is 1.02. The Morgan fingerprint density at radius 2 is 2.03 bits per heavy atom. The Morgan fingerprint density at radius 3 is 2.68 bits per heavy atom. The van der Waals surface area contributed by atoms with Crippen LogP contribution in [0.25, 0.3) is 0 Å². The molecule has 0 aromatic carbocycles. The number of thiophene rings is 1. The van der Waals surface area contributed by atoms with Crippen LogP contribution in [-0.2, 0) is 32.1 Å². The van der Waals surface area contributed by atoms with Crippen molar-refractivity contribution in [3.8, 4) is 0 Å². The van der Waals surface area contributed by atoms with E-state index in [0.717, 1.165) is 26.2 Å². The number of tetrazole rings is 1. The van der Waals surface area contributed by atoms with Crippen LogP contribution < -0.4 is 74.6 Å². The van der Waals surface area contributed by atoms with E-state index in [4.69, 9.17) is 0 Å². The monoisotopic (exact) mass is 540 g/mol. The second-order valence-corrected chi connectivity index (χ2v) is 9.81. The zero-order valence-corrected chi connectivity index (χ0v) is 24.6. The predicted molar refractivity (Wildman–Crippen MR) is 109 cm³/mol. The Morgan fingerprint density at radius 1 is 1.26 bits per heavy atom. The van der Waals surface area contributed by atoms with Gasteiger partial charge in [-0.25, -0.2) is 4.68 Å². The molecule has 0 radical (unpaired) electrons. The Kier molecular flexibility index (Phi) is 11.1. The number of rotatable bonds is 9. The van der Waals surface area contributed by atoms with Crippen molar-refractivity contribution in [2.24, 2.45) is 0 Å². The number of nitrogens with one attached hydrogen (secondary N) is 1. The third kappa shape index (κ3) is 6.44. The molecule has 2 atom stereocenters. The summed E-state index contributed by atoms with van der Waals surface area (Å²) in [5.41, 5.74) is 0.171. The van der Waals surface area contributed by atoms with E-state index in [1.165, 1.54) is 23.1 Å². The SMILES string of the molecule is O=C([O-])Cn1nnnc1SCC1=C(C(=O)[O-])N2C(=O)C(NC(=O)Cc3cccs3)[C@H]2SC1.[Na+].[Na+]. The molecule has 2 amide bonds. The zero-order valence-electron chi connectivity index (χ0n) is 18.1. The molecule has 2 aliphatic rings. The van der Waals surface area contributed by atoms with Gasteiger partial charge >= 0.3 is 59.1 Å². The average Bonchev–Trinajstić information content (AvgIpc) is 3.41. The van der Waals surface area contributed by atoms with E-state index >= 15 is 0 Å². The molecule has 4 heterocycles. The molecule has 2 aliphatic heterocycles. The van der Waals surface area contributed by atoms with Gasteiger partial charge in [0.1, 0.15) is 11.4 Å². The van der Waals surface area contributed by atoms with Crippen LogP contribution in [0.15, 0.2) is 33.9 Å². The minimum atomic E-state index is -1.50. The minimum absolute atomic E-state index is 0. The number of hydrogen-bond acceptors (Lipinski definition) is 12. The van der Waals surface area contributed by atoms with Crippen molar-refractivity contribution < 1.29 is 88.5 Å². The van der Waals surface area contributed by atoms with Crippen molar-refractivity contribution in [1.29, 1.82) is 0 Å². The van der Waals surface area contributed by atoms with Crippen LogP contribution in [0.1, 0.15) is 4.88 Å². The van der Waals surface area contributed by atoms with Crippen molar-refractivity contribution in [2.75, 3.05) is 11.5 Å². The summed E-state index contributed by atoms with van der Waals surface area (Å²) in [6.07, 6.45) is 0.143. The van der Waals surface area contributed by atoms with E-state index < -0.39 is 35.8 Å². The zero-order chi connectivity index (χ0) is 22.8. The first-order valence-electron chi connectivity index (χ1n) is 9.13. The van der Waals surface area contributed by atoms with Gasteiger partial charge in [0, 0.05) is 16.4 Å². The summed E-state index contributed by atoms with van der Waals surface area (Å²) >= 11 is 3.79. The van der Waals surface area contributed by atoms with Crippen LogP contribution >= 0.6 is 34.9 Å². The molecule has 1 fully saturated rings. The molecule has 4 rings (SSSR count). The van der Waals surface area contributed by atoms with Gasteiger partial charge in [0.2, 0.25) is 11.1 Å². The largest absolute Gasteiger partial charge is 1.00 e. The van der Waals surface area contributed by atoms with E-state index in [9.17, 15) is 29.4 Å². The number of fused-ring (bicyclic) bond motifs is 1. The Hall–Kier alpha value is -0.910.